The van der Waals surface area contributed by atoms with Gasteiger partial charge in [-0.25, -0.2) is 0 Å². The Morgan fingerprint density at radius 2 is 1.00 bits per heavy atom. The van der Waals surface area contributed by atoms with Crippen LogP contribution < -0.4 is 20.9 Å². The lowest BCUT2D eigenvalue weighted by Gasteiger charge is -2.25. The third-order valence-corrected chi connectivity index (χ3v) is 3.95. The van der Waals surface area contributed by atoms with Crippen molar-refractivity contribution in [1.29, 1.82) is 0 Å². The second-order valence-electron chi connectivity index (χ2n) is 7.22. The molecule has 0 aromatic heterocycles. The molecule has 0 saturated heterocycles. The van der Waals surface area contributed by atoms with Crippen molar-refractivity contribution in [3.63, 3.8) is 0 Å². The molecule has 3 aromatic rings. The molecule has 134 valence electrons. The Morgan fingerprint density at radius 3 is 1.35 bits per heavy atom. The standard InChI is InChI=1S/C22H24N2O2/c1-22(2,3)21-19(25-17-11-7-15(23)8-12-17)5-4-6-20(21)26-18-13-9-16(24)10-14-18/h4-14H,23-24H2,1-3H3. The lowest BCUT2D eigenvalue weighted by Crippen LogP contribution is -2.14. The molecule has 0 saturated carbocycles. The number of ether oxygens (including phenoxy) is 2. The minimum atomic E-state index is -0.173. The van der Waals surface area contributed by atoms with Gasteiger partial charge in [-0.15, -0.1) is 0 Å². The van der Waals surface area contributed by atoms with Gasteiger partial charge in [-0.3, -0.25) is 0 Å². The van der Waals surface area contributed by atoms with Crippen LogP contribution in [-0.2, 0) is 5.41 Å². The van der Waals surface area contributed by atoms with E-state index in [0.29, 0.717) is 11.4 Å². The summed E-state index contributed by atoms with van der Waals surface area (Å²) in [5, 5.41) is 0. The number of hydrogen-bond acceptors (Lipinski definition) is 4. The van der Waals surface area contributed by atoms with E-state index in [1.165, 1.54) is 0 Å². The molecule has 3 rings (SSSR count). The molecule has 4 N–H and O–H groups in total. The van der Waals surface area contributed by atoms with Crippen LogP contribution in [0.1, 0.15) is 26.3 Å². The molecule has 4 heteroatoms. The van der Waals surface area contributed by atoms with Crippen molar-refractivity contribution in [2.45, 2.75) is 26.2 Å². The van der Waals surface area contributed by atoms with E-state index in [0.717, 1.165) is 28.6 Å². The van der Waals surface area contributed by atoms with Crippen LogP contribution in [0.5, 0.6) is 23.0 Å². The second kappa shape index (κ2) is 7.00. The maximum atomic E-state index is 6.13. The summed E-state index contributed by atoms with van der Waals surface area (Å²) in [6, 6.07) is 20.5. The van der Waals surface area contributed by atoms with Gasteiger partial charge in [0, 0.05) is 16.9 Å². The first-order valence-corrected chi connectivity index (χ1v) is 8.53. The van der Waals surface area contributed by atoms with Gasteiger partial charge in [0.15, 0.2) is 0 Å². The van der Waals surface area contributed by atoms with Crippen molar-refractivity contribution in [3.8, 4) is 23.0 Å². The first-order chi connectivity index (χ1) is 12.3. The lowest BCUT2D eigenvalue weighted by atomic mass is 9.85. The van der Waals surface area contributed by atoms with E-state index in [1.54, 1.807) is 0 Å². The maximum Gasteiger partial charge on any atom is 0.134 e. The van der Waals surface area contributed by atoms with Gasteiger partial charge in [0.05, 0.1) is 0 Å². The van der Waals surface area contributed by atoms with E-state index < -0.39 is 0 Å². The molecule has 3 aromatic carbocycles. The van der Waals surface area contributed by atoms with Gasteiger partial charge in [-0.2, -0.15) is 0 Å². The number of nitrogen functional groups attached to an aromatic ring is 2. The average Bonchev–Trinajstić information content (AvgIpc) is 2.58. The zero-order valence-electron chi connectivity index (χ0n) is 15.3. The molecule has 0 aliphatic rings. The smallest absolute Gasteiger partial charge is 0.134 e. The molecule has 0 fully saturated rings. The highest BCUT2D eigenvalue weighted by molar-refractivity contribution is 5.53. The van der Waals surface area contributed by atoms with Crippen molar-refractivity contribution in [3.05, 3.63) is 72.3 Å². The molecule has 0 heterocycles. The quantitative estimate of drug-likeness (QED) is 0.590. The number of rotatable bonds is 4. The summed E-state index contributed by atoms with van der Waals surface area (Å²) >= 11 is 0. The monoisotopic (exact) mass is 348 g/mol. The summed E-state index contributed by atoms with van der Waals surface area (Å²) in [7, 11) is 0. The van der Waals surface area contributed by atoms with Crippen LogP contribution in [0.4, 0.5) is 11.4 Å². The summed E-state index contributed by atoms with van der Waals surface area (Å²) in [6.45, 7) is 6.40. The Balaban J connectivity index is 1.99. The SMILES string of the molecule is CC(C)(C)c1c(Oc2ccc(N)cc2)cccc1Oc1ccc(N)cc1. The van der Waals surface area contributed by atoms with E-state index in [-0.39, 0.29) is 5.41 Å². The highest BCUT2D eigenvalue weighted by atomic mass is 16.5. The zero-order chi connectivity index (χ0) is 18.7. The topological polar surface area (TPSA) is 70.5 Å². The Bertz CT molecular complexity index is 814. The molecule has 0 amide bonds. The summed E-state index contributed by atoms with van der Waals surface area (Å²) < 4.78 is 12.3. The van der Waals surface area contributed by atoms with E-state index >= 15 is 0 Å². The second-order valence-corrected chi connectivity index (χ2v) is 7.22. The summed E-state index contributed by atoms with van der Waals surface area (Å²) in [6.07, 6.45) is 0. The average molecular weight is 348 g/mol. The number of hydrogen-bond donors (Lipinski definition) is 2. The summed E-state index contributed by atoms with van der Waals surface area (Å²) in [5.74, 6) is 2.98. The molecule has 0 atom stereocenters. The van der Waals surface area contributed by atoms with Crippen molar-refractivity contribution >= 4 is 11.4 Å². The highest BCUT2D eigenvalue weighted by Crippen LogP contribution is 2.42. The Labute approximate surface area is 154 Å². The fraction of sp³-hybridized carbons (Fsp3) is 0.182. The Kier molecular flexibility index (Phi) is 4.76. The fourth-order valence-corrected chi connectivity index (χ4v) is 2.75. The predicted molar refractivity (Wildman–Crippen MR) is 107 cm³/mol. The molecule has 4 nitrogen and oxygen atoms in total. The van der Waals surface area contributed by atoms with Gasteiger partial charge in [-0.1, -0.05) is 26.8 Å². The molecule has 0 radical (unpaired) electrons. The van der Waals surface area contributed by atoms with Gasteiger partial charge in [0.2, 0.25) is 0 Å². The van der Waals surface area contributed by atoms with Gasteiger partial charge >= 0.3 is 0 Å². The summed E-state index contributed by atoms with van der Waals surface area (Å²) in [5.41, 5.74) is 13.7. The third-order valence-electron chi connectivity index (χ3n) is 3.95. The van der Waals surface area contributed by atoms with Crippen molar-refractivity contribution in [2.75, 3.05) is 11.5 Å². The molecular formula is C22H24N2O2. The van der Waals surface area contributed by atoms with Gasteiger partial charge in [0.1, 0.15) is 23.0 Å². The molecule has 0 aliphatic carbocycles. The third kappa shape index (κ3) is 4.09. The molecular weight excluding hydrogens is 324 g/mol. The van der Waals surface area contributed by atoms with E-state index in [1.807, 2.05) is 66.7 Å². The first kappa shape index (κ1) is 17.7. The lowest BCUT2D eigenvalue weighted by molar-refractivity contribution is 0.422. The first-order valence-electron chi connectivity index (χ1n) is 8.53. The Hall–Kier alpha value is -3.14. The maximum absolute atomic E-state index is 6.13. The molecule has 0 aliphatic heterocycles. The molecule has 0 spiro atoms. The molecule has 0 bridgehead atoms. The van der Waals surface area contributed by atoms with E-state index in [9.17, 15) is 0 Å². The fourth-order valence-electron chi connectivity index (χ4n) is 2.75. The number of benzene rings is 3. The zero-order valence-corrected chi connectivity index (χ0v) is 15.3. The van der Waals surface area contributed by atoms with Crippen molar-refractivity contribution in [2.24, 2.45) is 0 Å². The molecule has 0 unspecified atom stereocenters. The van der Waals surface area contributed by atoms with Crippen LogP contribution in [0, 0.1) is 0 Å². The van der Waals surface area contributed by atoms with Crippen LogP contribution in [0.15, 0.2) is 66.7 Å². The normalized spacial score (nSPS) is 11.2. The van der Waals surface area contributed by atoms with Gasteiger partial charge in [0.25, 0.3) is 0 Å². The largest absolute Gasteiger partial charge is 0.457 e. The van der Waals surface area contributed by atoms with Crippen LogP contribution in [0.25, 0.3) is 0 Å². The summed E-state index contributed by atoms with van der Waals surface area (Å²) in [4.78, 5) is 0. The number of nitrogens with two attached hydrogens (primary N) is 2. The number of anilines is 2. The van der Waals surface area contributed by atoms with Gasteiger partial charge < -0.3 is 20.9 Å². The van der Waals surface area contributed by atoms with Gasteiger partial charge in [-0.05, 0) is 66.1 Å². The van der Waals surface area contributed by atoms with Crippen LogP contribution in [0.2, 0.25) is 0 Å². The van der Waals surface area contributed by atoms with Crippen molar-refractivity contribution in [1.82, 2.24) is 0 Å². The minimum Gasteiger partial charge on any atom is -0.457 e. The van der Waals surface area contributed by atoms with Crippen LogP contribution in [-0.4, -0.2) is 0 Å². The highest BCUT2D eigenvalue weighted by Gasteiger charge is 2.25. The molecule has 26 heavy (non-hydrogen) atoms. The van der Waals surface area contributed by atoms with Crippen molar-refractivity contribution < 1.29 is 9.47 Å². The van der Waals surface area contributed by atoms with E-state index in [4.69, 9.17) is 20.9 Å². The predicted octanol–water partition coefficient (Wildman–Crippen LogP) is 5.73. The van der Waals surface area contributed by atoms with Crippen LogP contribution >= 0.6 is 0 Å². The van der Waals surface area contributed by atoms with Crippen LogP contribution in [0.3, 0.4) is 0 Å². The Morgan fingerprint density at radius 1 is 0.615 bits per heavy atom. The van der Waals surface area contributed by atoms with E-state index in [2.05, 4.69) is 20.8 Å². The minimum absolute atomic E-state index is 0.173.